The fourth-order valence-corrected chi connectivity index (χ4v) is 3.61. The predicted molar refractivity (Wildman–Crippen MR) is 83.9 cm³/mol. The molecule has 0 spiro atoms. The highest BCUT2D eigenvalue weighted by atomic mass is 32.1. The van der Waals surface area contributed by atoms with Crippen LogP contribution in [0.2, 0.25) is 0 Å². The quantitative estimate of drug-likeness (QED) is 0.940. The van der Waals surface area contributed by atoms with Crippen molar-refractivity contribution in [1.29, 1.82) is 0 Å². The van der Waals surface area contributed by atoms with Crippen molar-refractivity contribution in [3.8, 4) is 0 Å². The van der Waals surface area contributed by atoms with E-state index in [2.05, 4.69) is 64.8 Å². The van der Waals surface area contributed by atoms with Crippen molar-refractivity contribution in [2.24, 2.45) is 0 Å². The smallest absolute Gasteiger partial charge is 0.107 e. The molecule has 2 aromatic rings. The molecule has 1 aromatic heterocycles. The number of piperazine rings is 1. The lowest BCUT2D eigenvalue weighted by atomic mass is 10.0. The molecular weight excluding hydrogens is 266 g/mol. The SMILES string of the molecule is Cc1csc(CN2CC(C)NCC2c2ccccc2)n1. The van der Waals surface area contributed by atoms with Crippen LogP contribution in [0.1, 0.15) is 29.2 Å². The van der Waals surface area contributed by atoms with Gasteiger partial charge in [0.1, 0.15) is 5.01 Å². The molecular formula is C16H21N3S. The number of hydrogen-bond acceptors (Lipinski definition) is 4. The third-order valence-corrected chi connectivity index (χ3v) is 4.75. The van der Waals surface area contributed by atoms with Crippen molar-refractivity contribution >= 4 is 11.3 Å². The topological polar surface area (TPSA) is 28.2 Å². The molecule has 3 rings (SSSR count). The summed E-state index contributed by atoms with van der Waals surface area (Å²) in [7, 11) is 0. The first-order valence-electron chi connectivity index (χ1n) is 7.16. The van der Waals surface area contributed by atoms with Crippen LogP contribution in [0.4, 0.5) is 0 Å². The molecule has 20 heavy (non-hydrogen) atoms. The van der Waals surface area contributed by atoms with Gasteiger partial charge in [0.25, 0.3) is 0 Å². The van der Waals surface area contributed by atoms with Crippen LogP contribution in [-0.4, -0.2) is 29.0 Å². The van der Waals surface area contributed by atoms with Crippen LogP contribution in [-0.2, 0) is 6.54 Å². The van der Waals surface area contributed by atoms with Crippen LogP contribution >= 0.6 is 11.3 Å². The molecule has 1 fully saturated rings. The molecule has 3 nitrogen and oxygen atoms in total. The number of hydrogen-bond donors (Lipinski definition) is 1. The molecule has 2 heterocycles. The Balaban J connectivity index is 1.80. The van der Waals surface area contributed by atoms with Crippen molar-refractivity contribution < 1.29 is 0 Å². The van der Waals surface area contributed by atoms with Gasteiger partial charge in [-0.3, -0.25) is 4.90 Å². The Bertz CT molecular complexity index is 552. The van der Waals surface area contributed by atoms with Gasteiger partial charge in [0.2, 0.25) is 0 Å². The van der Waals surface area contributed by atoms with Crippen molar-refractivity contribution in [1.82, 2.24) is 15.2 Å². The van der Waals surface area contributed by atoms with Crippen molar-refractivity contribution in [2.75, 3.05) is 13.1 Å². The predicted octanol–water partition coefficient (Wildman–Crippen LogP) is 2.99. The molecule has 1 aliphatic rings. The Hall–Kier alpha value is -1.23. The van der Waals surface area contributed by atoms with Crippen LogP contribution < -0.4 is 5.32 Å². The number of aryl methyl sites for hydroxylation is 1. The summed E-state index contributed by atoms with van der Waals surface area (Å²) in [5, 5.41) is 6.95. The molecule has 1 aliphatic heterocycles. The van der Waals surface area contributed by atoms with Crippen LogP contribution in [0, 0.1) is 6.92 Å². The number of thiazole rings is 1. The summed E-state index contributed by atoms with van der Waals surface area (Å²) in [5.74, 6) is 0. The number of nitrogens with one attached hydrogen (secondary N) is 1. The standard InChI is InChI=1S/C16H21N3S/c1-12-9-19(10-16-18-13(2)11-20-16)15(8-17-12)14-6-4-3-5-7-14/h3-7,11-12,15,17H,8-10H2,1-2H3. The van der Waals surface area contributed by atoms with Gasteiger partial charge in [0, 0.05) is 36.2 Å². The Morgan fingerprint density at radius 3 is 2.85 bits per heavy atom. The molecule has 0 amide bonds. The first kappa shape index (κ1) is 13.7. The fraction of sp³-hybridized carbons (Fsp3) is 0.438. The summed E-state index contributed by atoms with van der Waals surface area (Å²) < 4.78 is 0. The number of rotatable bonds is 3. The lowest BCUT2D eigenvalue weighted by Crippen LogP contribution is -2.50. The first-order chi connectivity index (χ1) is 9.72. The van der Waals surface area contributed by atoms with E-state index in [-0.39, 0.29) is 0 Å². The van der Waals surface area contributed by atoms with Gasteiger partial charge in [-0.25, -0.2) is 4.98 Å². The molecule has 1 aromatic carbocycles. The monoisotopic (exact) mass is 287 g/mol. The highest BCUT2D eigenvalue weighted by Gasteiger charge is 2.27. The summed E-state index contributed by atoms with van der Waals surface area (Å²) in [4.78, 5) is 7.16. The van der Waals surface area contributed by atoms with E-state index in [1.54, 1.807) is 11.3 Å². The molecule has 0 bridgehead atoms. The third-order valence-electron chi connectivity index (χ3n) is 3.80. The van der Waals surface area contributed by atoms with Gasteiger partial charge in [-0.05, 0) is 19.4 Å². The minimum absolute atomic E-state index is 0.441. The van der Waals surface area contributed by atoms with Gasteiger partial charge in [0.15, 0.2) is 0 Å². The number of benzene rings is 1. The molecule has 0 aliphatic carbocycles. The molecule has 4 heteroatoms. The normalized spacial score (nSPS) is 23.9. The Kier molecular flexibility index (Phi) is 4.15. The summed E-state index contributed by atoms with van der Waals surface area (Å²) in [6.07, 6.45) is 0. The first-order valence-corrected chi connectivity index (χ1v) is 8.04. The van der Waals surface area contributed by atoms with Crippen molar-refractivity contribution in [3.05, 3.63) is 52.0 Å². The number of nitrogens with zero attached hydrogens (tertiary/aromatic N) is 2. The zero-order valence-corrected chi connectivity index (χ0v) is 12.9. The Labute approximate surface area is 124 Å². The van der Waals surface area contributed by atoms with Crippen LogP contribution in [0.3, 0.4) is 0 Å². The molecule has 0 radical (unpaired) electrons. The Morgan fingerprint density at radius 2 is 2.15 bits per heavy atom. The highest BCUT2D eigenvalue weighted by molar-refractivity contribution is 7.09. The van der Waals surface area contributed by atoms with Crippen LogP contribution in [0.15, 0.2) is 35.7 Å². The van der Waals surface area contributed by atoms with Gasteiger partial charge in [-0.2, -0.15) is 0 Å². The second kappa shape index (κ2) is 6.04. The van der Waals surface area contributed by atoms with Crippen LogP contribution in [0.25, 0.3) is 0 Å². The van der Waals surface area contributed by atoms with E-state index in [0.29, 0.717) is 12.1 Å². The number of aromatic nitrogens is 1. The van der Waals surface area contributed by atoms with E-state index in [4.69, 9.17) is 0 Å². The van der Waals surface area contributed by atoms with Gasteiger partial charge in [-0.15, -0.1) is 11.3 Å². The van der Waals surface area contributed by atoms with E-state index < -0.39 is 0 Å². The van der Waals surface area contributed by atoms with Gasteiger partial charge >= 0.3 is 0 Å². The maximum atomic E-state index is 4.61. The second-order valence-electron chi connectivity index (χ2n) is 5.55. The van der Waals surface area contributed by atoms with Gasteiger partial charge in [-0.1, -0.05) is 30.3 Å². The van der Waals surface area contributed by atoms with Gasteiger partial charge in [0.05, 0.1) is 6.54 Å². The zero-order chi connectivity index (χ0) is 13.9. The highest BCUT2D eigenvalue weighted by Crippen LogP contribution is 2.26. The van der Waals surface area contributed by atoms with E-state index in [1.807, 2.05) is 0 Å². The van der Waals surface area contributed by atoms with Crippen molar-refractivity contribution in [3.63, 3.8) is 0 Å². The molecule has 1 saturated heterocycles. The second-order valence-corrected chi connectivity index (χ2v) is 6.49. The average Bonchev–Trinajstić information content (AvgIpc) is 2.85. The minimum Gasteiger partial charge on any atom is -0.311 e. The largest absolute Gasteiger partial charge is 0.311 e. The summed E-state index contributed by atoms with van der Waals surface area (Å²) in [5.41, 5.74) is 2.52. The summed E-state index contributed by atoms with van der Waals surface area (Å²) in [6.45, 7) is 7.34. The summed E-state index contributed by atoms with van der Waals surface area (Å²) >= 11 is 1.77. The third kappa shape index (κ3) is 3.08. The zero-order valence-electron chi connectivity index (χ0n) is 12.0. The molecule has 106 valence electrons. The van der Waals surface area contributed by atoms with Gasteiger partial charge < -0.3 is 5.32 Å². The van der Waals surface area contributed by atoms with Crippen LogP contribution in [0.5, 0.6) is 0 Å². The van der Waals surface area contributed by atoms with E-state index >= 15 is 0 Å². The molecule has 2 unspecified atom stereocenters. The Morgan fingerprint density at radius 1 is 1.35 bits per heavy atom. The minimum atomic E-state index is 0.441. The molecule has 2 atom stereocenters. The maximum Gasteiger partial charge on any atom is 0.107 e. The maximum absolute atomic E-state index is 4.61. The average molecular weight is 287 g/mol. The van der Waals surface area contributed by atoms with E-state index in [0.717, 1.165) is 25.3 Å². The molecule has 0 saturated carbocycles. The lowest BCUT2D eigenvalue weighted by molar-refractivity contribution is 0.127. The van der Waals surface area contributed by atoms with E-state index in [1.165, 1.54) is 10.6 Å². The fourth-order valence-electron chi connectivity index (χ4n) is 2.81. The lowest BCUT2D eigenvalue weighted by Gasteiger charge is -2.39. The van der Waals surface area contributed by atoms with Crippen molar-refractivity contribution in [2.45, 2.75) is 32.5 Å². The molecule has 1 N–H and O–H groups in total. The van der Waals surface area contributed by atoms with E-state index in [9.17, 15) is 0 Å². The summed E-state index contributed by atoms with van der Waals surface area (Å²) in [6, 6.07) is 11.8.